The normalized spacial score (nSPS) is 22.3. The van der Waals surface area contributed by atoms with Gasteiger partial charge in [-0.1, -0.05) is 18.2 Å². The lowest BCUT2D eigenvalue weighted by molar-refractivity contribution is 0.161. The zero-order valence-electron chi connectivity index (χ0n) is 10.4. The Kier molecular flexibility index (Phi) is 2.80. The van der Waals surface area contributed by atoms with Crippen molar-refractivity contribution in [2.45, 2.75) is 32.0 Å². The van der Waals surface area contributed by atoms with Gasteiger partial charge >= 0.3 is 0 Å². The molecule has 0 bridgehead atoms. The summed E-state index contributed by atoms with van der Waals surface area (Å²) in [7, 11) is 0. The Labute approximate surface area is 106 Å². The molecule has 0 radical (unpaired) electrons. The van der Waals surface area contributed by atoms with Gasteiger partial charge in [-0.15, -0.1) is 0 Å². The monoisotopic (exact) mass is 243 g/mol. The summed E-state index contributed by atoms with van der Waals surface area (Å²) in [6.07, 6.45) is 4.71. The van der Waals surface area contributed by atoms with Crippen LogP contribution in [0.4, 0.5) is 0 Å². The molecule has 1 unspecified atom stereocenters. The van der Waals surface area contributed by atoms with E-state index in [0.717, 1.165) is 29.8 Å². The van der Waals surface area contributed by atoms with Gasteiger partial charge in [0.2, 0.25) is 0 Å². The lowest BCUT2D eigenvalue weighted by atomic mass is 9.95. The van der Waals surface area contributed by atoms with Crippen LogP contribution in [0.25, 0.3) is 0 Å². The first-order chi connectivity index (χ1) is 8.78. The molecule has 0 fully saturated rings. The lowest BCUT2D eigenvalue weighted by Gasteiger charge is -2.29. The van der Waals surface area contributed by atoms with Crippen molar-refractivity contribution in [3.8, 4) is 5.75 Å². The Morgan fingerprint density at radius 1 is 1.44 bits per heavy atom. The lowest BCUT2D eigenvalue weighted by Crippen LogP contribution is -2.23. The van der Waals surface area contributed by atoms with Crippen LogP contribution in [0.5, 0.6) is 5.75 Å². The van der Waals surface area contributed by atoms with E-state index >= 15 is 0 Å². The number of ether oxygens (including phenoxy) is 1. The molecule has 1 aliphatic heterocycles. The first-order valence-corrected chi connectivity index (χ1v) is 6.31. The Hall–Kier alpha value is -1.81. The smallest absolute Gasteiger partial charge is 0.129 e. The van der Waals surface area contributed by atoms with Crippen molar-refractivity contribution in [2.24, 2.45) is 5.73 Å². The Balaban J connectivity index is 1.89. The first kappa shape index (κ1) is 11.3. The number of rotatable bonds is 2. The molecule has 0 saturated carbocycles. The number of fused-ring (bicyclic) bond motifs is 1. The molecule has 1 aliphatic rings. The minimum absolute atomic E-state index is 0.00944. The maximum absolute atomic E-state index is 6.21. The fraction of sp³-hybridized carbons (Fsp3) is 0.357. The molecule has 1 aromatic carbocycles. The summed E-state index contributed by atoms with van der Waals surface area (Å²) >= 11 is 0. The second-order valence-corrected chi connectivity index (χ2v) is 4.62. The molecule has 2 heterocycles. The molecular weight excluding hydrogens is 226 g/mol. The summed E-state index contributed by atoms with van der Waals surface area (Å²) in [5.74, 6) is 0.894. The molecule has 2 N–H and O–H groups in total. The van der Waals surface area contributed by atoms with Crippen molar-refractivity contribution in [1.29, 1.82) is 0 Å². The summed E-state index contributed by atoms with van der Waals surface area (Å²) in [5.41, 5.74) is 8.40. The third-order valence-electron chi connectivity index (χ3n) is 3.40. The van der Waals surface area contributed by atoms with Crippen LogP contribution < -0.4 is 10.5 Å². The first-order valence-electron chi connectivity index (χ1n) is 6.31. The van der Waals surface area contributed by atoms with Crippen molar-refractivity contribution in [3.05, 3.63) is 47.8 Å². The predicted molar refractivity (Wildman–Crippen MR) is 69.3 cm³/mol. The summed E-state index contributed by atoms with van der Waals surface area (Å²) in [4.78, 5) is 0. The maximum Gasteiger partial charge on any atom is 0.129 e. The van der Waals surface area contributed by atoms with Crippen LogP contribution in [0.15, 0.2) is 36.7 Å². The van der Waals surface area contributed by atoms with E-state index in [2.05, 4.69) is 12.0 Å². The molecule has 0 amide bonds. The molecule has 94 valence electrons. The Morgan fingerprint density at radius 3 is 3.06 bits per heavy atom. The summed E-state index contributed by atoms with van der Waals surface area (Å²) in [6, 6.07) is 8.02. The number of aromatic nitrogens is 2. The number of nitrogens with two attached hydrogens (primary N) is 1. The van der Waals surface area contributed by atoms with Gasteiger partial charge in [-0.05, 0) is 13.0 Å². The van der Waals surface area contributed by atoms with Gasteiger partial charge in [-0.2, -0.15) is 5.10 Å². The predicted octanol–water partition coefficient (Wildman–Crippen LogP) is 2.43. The van der Waals surface area contributed by atoms with Crippen LogP contribution in [-0.4, -0.2) is 9.78 Å². The van der Waals surface area contributed by atoms with Crippen molar-refractivity contribution in [2.75, 3.05) is 0 Å². The van der Waals surface area contributed by atoms with E-state index in [1.54, 1.807) is 0 Å². The van der Waals surface area contributed by atoms with Crippen LogP contribution in [0.3, 0.4) is 0 Å². The van der Waals surface area contributed by atoms with Gasteiger partial charge in [0.25, 0.3) is 0 Å². The van der Waals surface area contributed by atoms with Crippen LogP contribution in [0.1, 0.15) is 36.6 Å². The summed E-state index contributed by atoms with van der Waals surface area (Å²) in [5, 5.41) is 4.29. The minimum Gasteiger partial charge on any atom is -0.485 e. The molecule has 4 nitrogen and oxygen atoms in total. The number of aryl methyl sites for hydroxylation is 1. The van der Waals surface area contributed by atoms with Gasteiger partial charge in [-0.3, -0.25) is 4.68 Å². The van der Waals surface area contributed by atoms with E-state index in [0.29, 0.717) is 0 Å². The Morgan fingerprint density at radius 2 is 2.28 bits per heavy atom. The molecule has 2 aromatic rings. The van der Waals surface area contributed by atoms with E-state index < -0.39 is 0 Å². The molecule has 4 heteroatoms. The average molecular weight is 243 g/mol. The highest BCUT2D eigenvalue weighted by atomic mass is 16.5. The van der Waals surface area contributed by atoms with E-state index in [-0.39, 0.29) is 12.1 Å². The van der Waals surface area contributed by atoms with Crippen LogP contribution in [0, 0.1) is 0 Å². The number of hydrogen-bond acceptors (Lipinski definition) is 3. The van der Waals surface area contributed by atoms with Crippen molar-refractivity contribution in [1.82, 2.24) is 9.78 Å². The minimum atomic E-state index is 0.00944. The molecular formula is C14H17N3O. The second kappa shape index (κ2) is 4.46. The van der Waals surface area contributed by atoms with E-state index in [4.69, 9.17) is 10.5 Å². The van der Waals surface area contributed by atoms with Gasteiger partial charge < -0.3 is 10.5 Å². The molecule has 1 aromatic heterocycles. The highest BCUT2D eigenvalue weighted by Gasteiger charge is 2.27. The topological polar surface area (TPSA) is 53.1 Å². The van der Waals surface area contributed by atoms with Crippen molar-refractivity contribution in [3.63, 3.8) is 0 Å². The largest absolute Gasteiger partial charge is 0.485 e. The quantitative estimate of drug-likeness (QED) is 0.881. The summed E-state index contributed by atoms with van der Waals surface area (Å²) < 4.78 is 7.92. The van der Waals surface area contributed by atoms with Crippen LogP contribution >= 0.6 is 0 Å². The van der Waals surface area contributed by atoms with Gasteiger partial charge in [-0.25, -0.2) is 0 Å². The molecule has 3 rings (SSSR count). The zero-order chi connectivity index (χ0) is 12.5. The van der Waals surface area contributed by atoms with Gasteiger partial charge in [0.1, 0.15) is 11.9 Å². The molecule has 2 atom stereocenters. The average Bonchev–Trinajstić information content (AvgIpc) is 2.87. The third-order valence-corrected chi connectivity index (χ3v) is 3.40. The highest BCUT2D eigenvalue weighted by Crippen LogP contribution is 2.39. The molecule has 0 aliphatic carbocycles. The van der Waals surface area contributed by atoms with Crippen molar-refractivity contribution < 1.29 is 4.74 Å². The Bertz CT molecular complexity index is 549. The zero-order valence-corrected chi connectivity index (χ0v) is 10.4. The number of para-hydroxylation sites is 1. The maximum atomic E-state index is 6.21. The van der Waals surface area contributed by atoms with E-state index in [1.807, 2.05) is 41.3 Å². The molecule has 0 saturated heterocycles. The fourth-order valence-corrected chi connectivity index (χ4v) is 2.38. The number of benzene rings is 1. The second-order valence-electron chi connectivity index (χ2n) is 4.62. The number of nitrogens with zero attached hydrogens (tertiary/aromatic N) is 2. The van der Waals surface area contributed by atoms with Crippen LogP contribution in [0.2, 0.25) is 0 Å². The van der Waals surface area contributed by atoms with Crippen LogP contribution in [-0.2, 0) is 6.54 Å². The van der Waals surface area contributed by atoms with E-state index in [1.165, 1.54) is 0 Å². The summed E-state index contributed by atoms with van der Waals surface area (Å²) in [6.45, 7) is 2.94. The third kappa shape index (κ3) is 1.88. The van der Waals surface area contributed by atoms with Gasteiger partial charge in [0, 0.05) is 36.3 Å². The van der Waals surface area contributed by atoms with Gasteiger partial charge in [0.05, 0.1) is 6.20 Å². The SMILES string of the molecule is CCn1cc(C2C[C@@H](N)c3ccccc3O2)cn1. The van der Waals surface area contributed by atoms with Crippen molar-refractivity contribution >= 4 is 0 Å². The fourth-order valence-electron chi connectivity index (χ4n) is 2.38. The van der Waals surface area contributed by atoms with Gasteiger partial charge in [0.15, 0.2) is 0 Å². The molecule has 0 spiro atoms. The highest BCUT2D eigenvalue weighted by molar-refractivity contribution is 5.38. The standard InChI is InChI=1S/C14H17N3O/c1-2-17-9-10(8-16-17)14-7-12(15)11-5-3-4-6-13(11)18-14/h3-6,8-9,12,14H,2,7,15H2,1H3/t12-,14?/m1/s1. The molecule has 18 heavy (non-hydrogen) atoms. The number of hydrogen-bond donors (Lipinski definition) is 1. The van der Waals surface area contributed by atoms with E-state index in [9.17, 15) is 0 Å².